The first-order valence-electron chi connectivity index (χ1n) is 3.78. The van der Waals surface area contributed by atoms with Crippen LogP contribution in [0, 0.1) is 0 Å². The zero-order valence-electron chi connectivity index (χ0n) is 7.08. The van der Waals surface area contributed by atoms with Crippen molar-refractivity contribution < 1.29 is 14.3 Å². The van der Waals surface area contributed by atoms with E-state index in [2.05, 4.69) is 4.74 Å². The molecule has 0 saturated heterocycles. The van der Waals surface area contributed by atoms with Crippen LogP contribution in [0.1, 0.15) is 19.8 Å². The maximum Gasteiger partial charge on any atom is 0.330 e. The van der Waals surface area contributed by atoms with Gasteiger partial charge in [-0.3, -0.25) is 4.79 Å². The molecule has 0 unspecified atom stereocenters. The van der Waals surface area contributed by atoms with Crippen LogP contribution in [0.4, 0.5) is 0 Å². The van der Waals surface area contributed by atoms with Crippen molar-refractivity contribution in [2.24, 2.45) is 5.73 Å². The van der Waals surface area contributed by atoms with Gasteiger partial charge in [-0.25, -0.2) is 4.79 Å². The van der Waals surface area contributed by atoms with Crippen LogP contribution in [0.3, 0.4) is 0 Å². The molecule has 0 atom stereocenters. The molecule has 12 heavy (non-hydrogen) atoms. The lowest BCUT2D eigenvalue weighted by atomic mass is 10.3. The molecule has 0 rings (SSSR count). The van der Waals surface area contributed by atoms with E-state index in [4.69, 9.17) is 5.73 Å². The SMILES string of the molecule is CCOC(=O)/C=C/CCC(N)=O. The third kappa shape index (κ3) is 6.80. The number of nitrogens with two attached hydrogens (primary N) is 1. The molecule has 0 aromatic heterocycles. The van der Waals surface area contributed by atoms with E-state index in [1.165, 1.54) is 6.08 Å². The highest BCUT2D eigenvalue weighted by Gasteiger charge is 1.93. The lowest BCUT2D eigenvalue weighted by Crippen LogP contribution is -2.09. The van der Waals surface area contributed by atoms with Crippen molar-refractivity contribution in [3.8, 4) is 0 Å². The van der Waals surface area contributed by atoms with E-state index in [9.17, 15) is 9.59 Å². The van der Waals surface area contributed by atoms with Crippen LogP contribution in [-0.4, -0.2) is 18.5 Å². The molecule has 1 amide bonds. The molecule has 4 heteroatoms. The summed E-state index contributed by atoms with van der Waals surface area (Å²) in [6, 6.07) is 0. The Morgan fingerprint density at radius 1 is 1.50 bits per heavy atom. The zero-order chi connectivity index (χ0) is 9.40. The number of hydrogen-bond acceptors (Lipinski definition) is 3. The predicted molar refractivity (Wildman–Crippen MR) is 44.2 cm³/mol. The average molecular weight is 171 g/mol. The van der Waals surface area contributed by atoms with Gasteiger partial charge >= 0.3 is 5.97 Å². The van der Waals surface area contributed by atoms with Gasteiger partial charge < -0.3 is 10.5 Å². The summed E-state index contributed by atoms with van der Waals surface area (Å²) in [5.41, 5.74) is 4.88. The van der Waals surface area contributed by atoms with Crippen LogP contribution < -0.4 is 5.73 Å². The normalized spacial score (nSPS) is 10.1. The predicted octanol–water partition coefficient (Wildman–Crippen LogP) is 0.371. The molecule has 0 spiro atoms. The fourth-order valence-corrected chi connectivity index (χ4v) is 0.596. The molecule has 0 aliphatic carbocycles. The topological polar surface area (TPSA) is 69.4 Å². The summed E-state index contributed by atoms with van der Waals surface area (Å²) in [7, 11) is 0. The van der Waals surface area contributed by atoms with Gasteiger partial charge in [-0.05, 0) is 13.3 Å². The third-order valence-corrected chi connectivity index (χ3v) is 1.10. The molecule has 0 fully saturated rings. The second kappa shape index (κ2) is 6.39. The number of carbonyl (C=O) groups is 2. The number of allylic oxidation sites excluding steroid dienone is 1. The van der Waals surface area contributed by atoms with Gasteiger partial charge in [0.25, 0.3) is 0 Å². The Balaban J connectivity index is 3.48. The lowest BCUT2D eigenvalue weighted by Gasteiger charge is -1.93. The Morgan fingerprint density at radius 2 is 2.17 bits per heavy atom. The Bertz CT molecular complexity index is 187. The van der Waals surface area contributed by atoms with E-state index in [-0.39, 0.29) is 18.3 Å². The number of hydrogen-bond donors (Lipinski definition) is 1. The van der Waals surface area contributed by atoms with Crippen LogP contribution >= 0.6 is 0 Å². The van der Waals surface area contributed by atoms with Crippen LogP contribution in [0.25, 0.3) is 0 Å². The first-order valence-corrected chi connectivity index (χ1v) is 3.78. The van der Waals surface area contributed by atoms with Gasteiger partial charge in [0.1, 0.15) is 0 Å². The smallest absolute Gasteiger partial charge is 0.330 e. The number of amides is 1. The van der Waals surface area contributed by atoms with Gasteiger partial charge in [0, 0.05) is 12.5 Å². The van der Waals surface area contributed by atoms with Crippen molar-refractivity contribution >= 4 is 11.9 Å². The van der Waals surface area contributed by atoms with E-state index in [0.29, 0.717) is 13.0 Å². The first kappa shape index (κ1) is 10.7. The number of rotatable bonds is 5. The quantitative estimate of drug-likeness (QED) is 0.480. The fourth-order valence-electron chi connectivity index (χ4n) is 0.596. The van der Waals surface area contributed by atoms with E-state index in [0.717, 1.165) is 0 Å². The molecule has 0 aromatic rings. The number of primary amides is 1. The van der Waals surface area contributed by atoms with E-state index < -0.39 is 0 Å². The van der Waals surface area contributed by atoms with E-state index >= 15 is 0 Å². The number of esters is 1. The lowest BCUT2D eigenvalue weighted by molar-refractivity contribution is -0.137. The van der Waals surface area contributed by atoms with Crippen molar-refractivity contribution in [2.75, 3.05) is 6.61 Å². The Morgan fingerprint density at radius 3 is 2.67 bits per heavy atom. The summed E-state index contributed by atoms with van der Waals surface area (Å²) < 4.78 is 4.61. The fraction of sp³-hybridized carbons (Fsp3) is 0.500. The maximum absolute atomic E-state index is 10.7. The molecule has 0 aliphatic rings. The van der Waals surface area contributed by atoms with Crippen LogP contribution in [0.5, 0.6) is 0 Å². The van der Waals surface area contributed by atoms with E-state index in [1.54, 1.807) is 13.0 Å². The van der Waals surface area contributed by atoms with Gasteiger partial charge in [0.15, 0.2) is 0 Å². The number of ether oxygens (including phenoxy) is 1. The monoisotopic (exact) mass is 171 g/mol. The second-order valence-corrected chi connectivity index (χ2v) is 2.16. The van der Waals surface area contributed by atoms with Crippen LogP contribution in [-0.2, 0) is 14.3 Å². The molecule has 68 valence electrons. The summed E-state index contributed by atoms with van der Waals surface area (Å²) in [5.74, 6) is -0.759. The number of carbonyl (C=O) groups excluding carboxylic acids is 2. The van der Waals surface area contributed by atoms with Gasteiger partial charge in [-0.1, -0.05) is 6.08 Å². The molecule has 4 nitrogen and oxygen atoms in total. The molecule has 0 aliphatic heterocycles. The molecule has 0 saturated carbocycles. The van der Waals surface area contributed by atoms with Gasteiger partial charge in [-0.15, -0.1) is 0 Å². The van der Waals surface area contributed by atoms with Crippen molar-refractivity contribution in [3.05, 3.63) is 12.2 Å². The molecule has 0 aromatic carbocycles. The Hall–Kier alpha value is -1.32. The standard InChI is InChI=1S/C8H13NO3/c1-2-12-8(11)6-4-3-5-7(9)10/h4,6H,2-3,5H2,1H3,(H2,9,10)/b6-4+. The van der Waals surface area contributed by atoms with Gasteiger partial charge in [-0.2, -0.15) is 0 Å². The average Bonchev–Trinajstić information content (AvgIpc) is 1.98. The molecular formula is C8H13NO3. The van der Waals surface area contributed by atoms with Crippen molar-refractivity contribution in [1.82, 2.24) is 0 Å². The molecule has 0 heterocycles. The summed E-state index contributed by atoms with van der Waals surface area (Å²) in [6.07, 6.45) is 3.61. The highest BCUT2D eigenvalue weighted by molar-refractivity contribution is 5.82. The second-order valence-electron chi connectivity index (χ2n) is 2.16. The van der Waals surface area contributed by atoms with Crippen molar-refractivity contribution in [2.45, 2.75) is 19.8 Å². The minimum Gasteiger partial charge on any atom is -0.463 e. The van der Waals surface area contributed by atoms with E-state index in [1.807, 2.05) is 0 Å². The Kier molecular flexibility index (Phi) is 5.69. The van der Waals surface area contributed by atoms with Crippen molar-refractivity contribution in [1.29, 1.82) is 0 Å². The first-order chi connectivity index (χ1) is 5.66. The van der Waals surface area contributed by atoms with Gasteiger partial charge in [0.05, 0.1) is 6.61 Å². The highest BCUT2D eigenvalue weighted by Crippen LogP contribution is 1.90. The van der Waals surface area contributed by atoms with Crippen LogP contribution in [0.2, 0.25) is 0 Å². The summed E-state index contributed by atoms with van der Waals surface area (Å²) >= 11 is 0. The largest absolute Gasteiger partial charge is 0.463 e. The minimum absolute atomic E-state index is 0.260. The summed E-state index contributed by atoms with van der Waals surface area (Å²) in [5, 5.41) is 0. The molecule has 0 radical (unpaired) electrons. The van der Waals surface area contributed by atoms with Gasteiger partial charge in [0.2, 0.25) is 5.91 Å². The summed E-state index contributed by atoms with van der Waals surface area (Å²) in [6.45, 7) is 2.09. The third-order valence-electron chi connectivity index (χ3n) is 1.10. The molecule has 0 bridgehead atoms. The van der Waals surface area contributed by atoms with Crippen LogP contribution in [0.15, 0.2) is 12.2 Å². The zero-order valence-corrected chi connectivity index (χ0v) is 7.08. The summed E-state index contributed by atoms with van der Waals surface area (Å²) in [4.78, 5) is 20.9. The van der Waals surface area contributed by atoms with Crippen molar-refractivity contribution in [3.63, 3.8) is 0 Å². The molecule has 2 N–H and O–H groups in total. The minimum atomic E-state index is -0.387. The Labute approximate surface area is 71.4 Å². The molecular weight excluding hydrogens is 158 g/mol. The highest BCUT2D eigenvalue weighted by atomic mass is 16.5. The maximum atomic E-state index is 10.7.